The third kappa shape index (κ3) is 9.20. The number of amides is 2. The standard InChI is InChI=1S/C17H37N5O2/c1-11(13(20)15(24)21-16(2,3)4)7-9-17(5,6)22-14(23)12(19)8-10-18/h11-13H,7-10,18-20H2,1-6H3,(H,21,24)(H,22,23). The molecule has 0 rings (SSSR count). The Hall–Kier alpha value is -1.18. The predicted octanol–water partition coefficient (Wildman–Crippen LogP) is 0.216. The van der Waals surface area contributed by atoms with Gasteiger partial charge in [-0.15, -0.1) is 0 Å². The van der Waals surface area contributed by atoms with Crippen molar-refractivity contribution in [1.82, 2.24) is 10.6 Å². The van der Waals surface area contributed by atoms with Gasteiger partial charge in [0.25, 0.3) is 0 Å². The lowest BCUT2D eigenvalue weighted by Gasteiger charge is -2.31. The smallest absolute Gasteiger partial charge is 0.237 e. The predicted molar refractivity (Wildman–Crippen MR) is 98.1 cm³/mol. The van der Waals surface area contributed by atoms with Gasteiger partial charge in [0.15, 0.2) is 0 Å². The SMILES string of the molecule is CC(CCC(C)(C)NC(=O)C(N)CCN)C(N)C(=O)NC(C)(C)C. The summed E-state index contributed by atoms with van der Waals surface area (Å²) in [4.78, 5) is 24.1. The number of nitrogens with two attached hydrogens (primary N) is 3. The van der Waals surface area contributed by atoms with E-state index in [2.05, 4.69) is 10.6 Å². The second-order valence-electron chi connectivity index (χ2n) is 8.34. The number of carbonyl (C=O) groups is 2. The van der Waals surface area contributed by atoms with Crippen molar-refractivity contribution in [2.45, 2.75) is 84.0 Å². The molecule has 7 nitrogen and oxygen atoms in total. The minimum Gasteiger partial charge on any atom is -0.350 e. The van der Waals surface area contributed by atoms with Gasteiger partial charge in [-0.1, -0.05) is 6.92 Å². The highest BCUT2D eigenvalue weighted by Gasteiger charge is 2.28. The Morgan fingerprint density at radius 2 is 1.50 bits per heavy atom. The van der Waals surface area contributed by atoms with E-state index in [4.69, 9.17) is 17.2 Å². The minimum absolute atomic E-state index is 0.00115. The van der Waals surface area contributed by atoms with Crippen LogP contribution in [0.15, 0.2) is 0 Å². The lowest BCUT2D eigenvalue weighted by Crippen LogP contribution is -2.53. The minimum atomic E-state index is -0.591. The largest absolute Gasteiger partial charge is 0.350 e. The van der Waals surface area contributed by atoms with E-state index < -0.39 is 17.6 Å². The zero-order valence-electron chi connectivity index (χ0n) is 16.1. The second-order valence-corrected chi connectivity index (χ2v) is 8.34. The Kier molecular flexibility index (Phi) is 8.88. The summed E-state index contributed by atoms with van der Waals surface area (Å²) in [5.41, 5.74) is 16.5. The van der Waals surface area contributed by atoms with Crippen LogP contribution in [0.5, 0.6) is 0 Å². The zero-order chi connectivity index (χ0) is 19.1. The molecule has 0 bridgehead atoms. The second kappa shape index (κ2) is 9.34. The number of carbonyl (C=O) groups excluding carboxylic acids is 2. The molecule has 3 atom stereocenters. The quantitative estimate of drug-likeness (QED) is 0.408. The van der Waals surface area contributed by atoms with E-state index in [1.165, 1.54) is 0 Å². The summed E-state index contributed by atoms with van der Waals surface area (Å²) in [6.07, 6.45) is 1.88. The number of hydrogen-bond acceptors (Lipinski definition) is 5. The summed E-state index contributed by atoms with van der Waals surface area (Å²) in [7, 11) is 0. The van der Waals surface area contributed by atoms with Gasteiger partial charge in [0.05, 0.1) is 12.1 Å². The van der Waals surface area contributed by atoms with Crippen molar-refractivity contribution >= 4 is 11.8 Å². The maximum Gasteiger partial charge on any atom is 0.237 e. The van der Waals surface area contributed by atoms with Crippen molar-refractivity contribution in [3.63, 3.8) is 0 Å². The van der Waals surface area contributed by atoms with Crippen LogP contribution in [0.4, 0.5) is 0 Å². The van der Waals surface area contributed by atoms with Gasteiger partial charge in [0, 0.05) is 11.1 Å². The Bertz CT molecular complexity index is 418. The summed E-state index contributed by atoms with van der Waals surface area (Å²) < 4.78 is 0. The highest BCUT2D eigenvalue weighted by atomic mass is 16.2. The van der Waals surface area contributed by atoms with E-state index in [0.29, 0.717) is 19.4 Å². The molecule has 0 radical (unpaired) electrons. The van der Waals surface area contributed by atoms with Crippen LogP contribution in [0.25, 0.3) is 0 Å². The van der Waals surface area contributed by atoms with Crippen LogP contribution in [-0.2, 0) is 9.59 Å². The maximum atomic E-state index is 12.1. The highest BCUT2D eigenvalue weighted by molar-refractivity contribution is 5.82. The normalized spacial score (nSPS) is 16.2. The first-order valence-corrected chi connectivity index (χ1v) is 8.64. The summed E-state index contributed by atoms with van der Waals surface area (Å²) in [6, 6.07) is -1.17. The van der Waals surface area contributed by atoms with Gasteiger partial charge in [0.1, 0.15) is 0 Å². The third-order valence-electron chi connectivity index (χ3n) is 3.91. The topological polar surface area (TPSA) is 136 Å². The first-order valence-electron chi connectivity index (χ1n) is 8.64. The van der Waals surface area contributed by atoms with Crippen LogP contribution < -0.4 is 27.8 Å². The molecule has 0 aromatic heterocycles. The van der Waals surface area contributed by atoms with Gasteiger partial charge < -0.3 is 27.8 Å². The van der Waals surface area contributed by atoms with Crippen LogP contribution in [-0.4, -0.2) is 41.5 Å². The van der Waals surface area contributed by atoms with Crippen LogP contribution in [0.1, 0.15) is 60.8 Å². The summed E-state index contributed by atoms with van der Waals surface area (Å²) >= 11 is 0. The van der Waals surface area contributed by atoms with E-state index in [-0.39, 0.29) is 23.3 Å². The summed E-state index contributed by atoms with van der Waals surface area (Å²) in [5.74, 6) is -0.351. The molecule has 0 aromatic carbocycles. The molecule has 0 spiro atoms. The Morgan fingerprint density at radius 3 is 1.96 bits per heavy atom. The Morgan fingerprint density at radius 1 is 0.958 bits per heavy atom. The average molecular weight is 344 g/mol. The molecule has 3 unspecified atom stereocenters. The fourth-order valence-electron chi connectivity index (χ4n) is 2.28. The van der Waals surface area contributed by atoms with Crippen molar-refractivity contribution in [3.05, 3.63) is 0 Å². The molecular formula is C17H37N5O2. The average Bonchev–Trinajstić information content (AvgIpc) is 2.41. The van der Waals surface area contributed by atoms with Crippen LogP contribution in [0.2, 0.25) is 0 Å². The van der Waals surface area contributed by atoms with E-state index in [1.54, 1.807) is 0 Å². The van der Waals surface area contributed by atoms with Gasteiger partial charge in [0.2, 0.25) is 11.8 Å². The summed E-state index contributed by atoms with van der Waals surface area (Å²) in [6.45, 7) is 12.0. The third-order valence-corrected chi connectivity index (χ3v) is 3.91. The molecule has 0 aromatic rings. The summed E-state index contributed by atoms with van der Waals surface area (Å²) in [5, 5.41) is 5.84. The van der Waals surface area contributed by atoms with E-state index in [0.717, 1.165) is 6.42 Å². The fourth-order valence-corrected chi connectivity index (χ4v) is 2.28. The molecule has 0 fully saturated rings. The van der Waals surface area contributed by atoms with Crippen molar-refractivity contribution in [1.29, 1.82) is 0 Å². The number of rotatable bonds is 9. The van der Waals surface area contributed by atoms with Gasteiger partial charge in [-0.25, -0.2) is 0 Å². The molecular weight excluding hydrogens is 306 g/mol. The van der Waals surface area contributed by atoms with Crippen LogP contribution in [0.3, 0.4) is 0 Å². The van der Waals surface area contributed by atoms with Gasteiger partial charge in [-0.2, -0.15) is 0 Å². The van der Waals surface area contributed by atoms with Crippen LogP contribution >= 0.6 is 0 Å². The lowest BCUT2D eigenvalue weighted by atomic mass is 9.88. The van der Waals surface area contributed by atoms with Gasteiger partial charge in [-0.05, 0) is 66.3 Å². The van der Waals surface area contributed by atoms with Gasteiger partial charge >= 0.3 is 0 Å². The molecule has 0 aliphatic heterocycles. The van der Waals surface area contributed by atoms with Crippen molar-refractivity contribution < 1.29 is 9.59 Å². The lowest BCUT2D eigenvalue weighted by molar-refractivity contribution is -0.126. The molecule has 0 aliphatic rings. The number of hydrogen-bond donors (Lipinski definition) is 5. The fraction of sp³-hybridized carbons (Fsp3) is 0.882. The van der Waals surface area contributed by atoms with Crippen molar-refractivity contribution in [2.75, 3.05) is 6.54 Å². The zero-order valence-corrected chi connectivity index (χ0v) is 16.1. The molecule has 0 heterocycles. The van der Waals surface area contributed by atoms with E-state index in [1.807, 2.05) is 41.5 Å². The van der Waals surface area contributed by atoms with Crippen LogP contribution in [0, 0.1) is 5.92 Å². The molecule has 7 heteroatoms. The van der Waals surface area contributed by atoms with E-state index in [9.17, 15) is 9.59 Å². The molecule has 0 saturated heterocycles. The molecule has 0 saturated carbocycles. The van der Waals surface area contributed by atoms with E-state index >= 15 is 0 Å². The van der Waals surface area contributed by atoms with Gasteiger partial charge in [-0.3, -0.25) is 9.59 Å². The first-order chi connectivity index (χ1) is 10.8. The van der Waals surface area contributed by atoms with Crippen molar-refractivity contribution in [2.24, 2.45) is 23.1 Å². The molecule has 24 heavy (non-hydrogen) atoms. The molecule has 142 valence electrons. The Labute approximate surface area is 146 Å². The number of nitrogens with one attached hydrogen (secondary N) is 2. The van der Waals surface area contributed by atoms with Crippen molar-refractivity contribution in [3.8, 4) is 0 Å². The molecule has 8 N–H and O–H groups in total. The highest BCUT2D eigenvalue weighted by Crippen LogP contribution is 2.18. The monoisotopic (exact) mass is 343 g/mol. The molecule has 0 aliphatic carbocycles. The maximum absolute atomic E-state index is 12.1. The Balaban J connectivity index is 4.48. The molecule has 2 amide bonds. The first kappa shape index (κ1) is 22.8.